The number of rotatable bonds is 7. The standard InChI is InChI=1S/C23H27N3O3S/c1-5-26(6-2)30(28,29)19-13-11-18(12-14-19)25-23(27)15-21-16(3)20-9-7-8-10-22(20)24-17(21)4/h7-14H,5-6,15H2,1-4H3,(H,25,27). The summed E-state index contributed by atoms with van der Waals surface area (Å²) < 4.78 is 26.6. The van der Waals surface area contributed by atoms with Gasteiger partial charge in [0.15, 0.2) is 0 Å². The van der Waals surface area contributed by atoms with Crippen LogP contribution in [0.3, 0.4) is 0 Å². The number of carbonyl (C=O) groups is 1. The maximum Gasteiger partial charge on any atom is 0.243 e. The van der Waals surface area contributed by atoms with Crippen LogP contribution < -0.4 is 5.32 Å². The van der Waals surface area contributed by atoms with Crippen LogP contribution in [0.5, 0.6) is 0 Å². The van der Waals surface area contributed by atoms with E-state index in [0.717, 1.165) is 27.7 Å². The summed E-state index contributed by atoms with van der Waals surface area (Å²) in [4.78, 5) is 17.5. The Labute approximate surface area is 178 Å². The van der Waals surface area contributed by atoms with E-state index in [1.54, 1.807) is 26.0 Å². The minimum absolute atomic E-state index is 0.169. The Morgan fingerprint density at radius 1 is 1.00 bits per heavy atom. The average molecular weight is 426 g/mol. The number of anilines is 1. The Kier molecular flexibility index (Phi) is 6.53. The van der Waals surface area contributed by atoms with Crippen molar-refractivity contribution in [2.45, 2.75) is 39.0 Å². The fraction of sp³-hybridized carbons (Fsp3) is 0.304. The summed E-state index contributed by atoms with van der Waals surface area (Å²) in [6.07, 6.45) is 0.203. The Hall–Kier alpha value is -2.77. The van der Waals surface area contributed by atoms with Crippen molar-refractivity contribution in [3.05, 3.63) is 65.4 Å². The SMILES string of the molecule is CCN(CC)S(=O)(=O)c1ccc(NC(=O)Cc2c(C)nc3ccccc3c2C)cc1. The van der Waals surface area contributed by atoms with Gasteiger partial charge in [0.05, 0.1) is 16.8 Å². The van der Waals surface area contributed by atoms with Gasteiger partial charge in [-0.2, -0.15) is 4.31 Å². The molecule has 1 N–H and O–H groups in total. The number of pyridine rings is 1. The molecule has 0 aliphatic carbocycles. The summed E-state index contributed by atoms with van der Waals surface area (Å²) in [5.74, 6) is -0.169. The highest BCUT2D eigenvalue weighted by atomic mass is 32.2. The molecule has 0 aliphatic heterocycles. The molecule has 1 aromatic heterocycles. The molecule has 1 heterocycles. The van der Waals surface area contributed by atoms with Crippen LogP contribution in [0.2, 0.25) is 0 Å². The van der Waals surface area contributed by atoms with E-state index in [9.17, 15) is 13.2 Å². The summed E-state index contributed by atoms with van der Waals surface area (Å²) >= 11 is 0. The highest BCUT2D eigenvalue weighted by Gasteiger charge is 2.21. The summed E-state index contributed by atoms with van der Waals surface area (Å²) in [6, 6.07) is 14.2. The van der Waals surface area contributed by atoms with Gasteiger partial charge in [0.25, 0.3) is 0 Å². The lowest BCUT2D eigenvalue weighted by atomic mass is 9.99. The number of aryl methyl sites for hydroxylation is 2. The lowest BCUT2D eigenvalue weighted by molar-refractivity contribution is -0.115. The van der Waals surface area contributed by atoms with E-state index in [1.807, 2.05) is 38.1 Å². The zero-order chi connectivity index (χ0) is 21.9. The molecule has 3 rings (SSSR count). The van der Waals surface area contributed by atoms with Gasteiger partial charge in [-0.05, 0) is 55.3 Å². The van der Waals surface area contributed by atoms with Crippen LogP contribution in [0, 0.1) is 13.8 Å². The van der Waals surface area contributed by atoms with Gasteiger partial charge in [0.2, 0.25) is 15.9 Å². The van der Waals surface area contributed by atoms with Gasteiger partial charge in [-0.3, -0.25) is 9.78 Å². The van der Waals surface area contributed by atoms with Gasteiger partial charge < -0.3 is 5.32 Å². The molecule has 3 aromatic rings. The van der Waals surface area contributed by atoms with E-state index >= 15 is 0 Å². The van der Waals surface area contributed by atoms with Crippen molar-refractivity contribution in [3.8, 4) is 0 Å². The van der Waals surface area contributed by atoms with Crippen LogP contribution in [-0.2, 0) is 21.2 Å². The molecule has 30 heavy (non-hydrogen) atoms. The molecule has 0 fully saturated rings. The second kappa shape index (κ2) is 8.93. The molecular weight excluding hydrogens is 398 g/mol. The van der Waals surface area contributed by atoms with Crippen LogP contribution >= 0.6 is 0 Å². The molecule has 2 aromatic carbocycles. The maximum absolute atomic E-state index is 12.6. The van der Waals surface area contributed by atoms with Gasteiger partial charge >= 0.3 is 0 Å². The largest absolute Gasteiger partial charge is 0.326 e. The molecule has 0 saturated carbocycles. The summed E-state index contributed by atoms with van der Waals surface area (Å²) in [5.41, 5.74) is 4.27. The lowest BCUT2D eigenvalue weighted by Gasteiger charge is -2.18. The van der Waals surface area contributed by atoms with E-state index in [1.165, 1.54) is 16.4 Å². The molecule has 0 aliphatic rings. The summed E-state index contributed by atoms with van der Waals surface area (Å²) in [5, 5.41) is 3.89. The van der Waals surface area contributed by atoms with Gasteiger partial charge in [-0.25, -0.2) is 8.42 Å². The molecular formula is C23H27N3O3S. The highest BCUT2D eigenvalue weighted by Crippen LogP contribution is 2.24. The van der Waals surface area contributed by atoms with Crippen LogP contribution in [0.1, 0.15) is 30.7 Å². The van der Waals surface area contributed by atoms with Crippen molar-refractivity contribution >= 4 is 32.5 Å². The van der Waals surface area contributed by atoms with Crippen LogP contribution in [0.4, 0.5) is 5.69 Å². The number of amides is 1. The van der Waals surface area contributed by atoms with E-state index in [-0.39, 0.29) is 17.2 Å². The second-order valence-corrected chi connectivity index (χ2v) is 9.09. The van der Waals surface area contributed by atoms with E-state index in [2.05, 4.69) is 10.3 Å². The van der Waals surface area contributed by atoms with E-state index in [4.69, 9.17) is 0 Å². The van der Waals surface area contributed by atoms with Gasteiger partial charge in [-0.15, -0.1) is 0 Å². The zero-order valence-corrected chi connectivity index (χ0v) is 18.6. The number of fused-ring (bicyclic) bond motifs is 1. The minimum Gasteiger partial charge on any atom is -0.326 e. The van der Waals surface area contributed by atoms with Crippen molar-refractivity contribution in [1.29, 1.82) is 0 Å². The molecule has 158 valence electrons. The van der Waals surface area contributed by atoms with Gasteiger partial charge in [-0.1, -0.05) is 32.0 Å². The molecule has 0 unspecified atom stereocenters. The fourth-order valence-electron chi connectivity index (χ4n) is 3.62. The van der Waals surface area contributed by atoms with E-state index in [0.29, 0.717) is 18.8 Å². The van der Waals surface area contributed by atoms with E-state index < -0.39 is 10.0 Å². The molecule has 7 heteroatoms. The first-order valence-electron chi connectivity index (χ1n) is 10.0. The predicted molar refractivity (Wildman–Crippen MR) is 120 cm³/mol. The number of carbonyl (C=O) groups excluding carboxylic acids is 1. The minimum atomic E-state index is -3.51. The quantitative estimate of drug-likeness (QED) is 0.619. The number of hydrogen-bond acceptors (Lipinski definition) is 4. The third-order valence-electron chi connectivity index (χ3n) is 5.30. The first kappa shape index (κ1) is 21.9. The molecule has 0 atom stereocenters. The Balaban J connectivity index is 1.77. The average Bonchev–Trinajstić information content (AvgIpc) is 2.72. The smallest absolute Gasteiger partial charge is 0.243 e. The topological polar surface area (TPSA) is 79.4 Å². The summed E-state index contributed by atoms with van der Waals surface area (Å²) in [7, 11) is -3.51. The Morgan fingerprint density at radius 3 is 2.27 bits per heavy atom. The number of aromatic nitrogens is 1. The van der Waals surface area contributed by atoms with Gasteiger partial charge in [0.1, 0.15) is 0 Å². The third-order valence-corrected chi connectivity index (χ3v) is 7.37. The third kappa shape index (κ3) is 4.37. The molecule has 1 amide bonds. The van der Waals surface area contributed by atoms with Crippen molar-refractivity contribution in [2.24, 2.45) is 0 Å². The molecule has 6 nitrogen and oxygen atoms in total. The number of benzene rings is 2. The normalized spacial score (nSPS) is 11.8. The number of hydrogen-bond donors (Lipinski definition) is 1. The Morgan fingerprint density at radius 2 is 1.63 bits per heavy atom. The molecule has 0 saturated heterocycles. The number of nitrogens with zero attached hydrogens (tertiary/aromatic N) is 2. The molecule has 0 radical (unpaired) electrons. The maximum atomic E-state index is 12.6. The first-order valence-corrected chi connectivity index (χ1v) is 11.5. The van der Waals surface area contributed by atoms with Crippen molar-refractivity contribution in [2.75, 3.05) is 18.4 Å². The molecule has 0 bridgehead atoms. The summed E-state index contributed by atoms with van der Waals surface area (Å²) in [6.45, 7) is 8.36. The van der Waals surface area contributed by atoms with Crippen LogP contribution in [-0.4, -0.2) is 36.7 Å². The van der Waals surface area contributed by atoms with Crippen molar-refractivity contribution < 1.29 is 13.2 Å². The number of sulfonamides is 1. The van der Waals surface area contributed by atoms with Crippen molar-refractivity contribution in [3.63, 3.8) is 0 Å². The lowest BCUT2D eigenvalue weighted by Crippen LogP contribution is -2.30. The van der Waals surface area contributed by atoms with Gasteiger partial charge in [0, 0.05) is 29.9 Å². The predicted octanol–water partition coefficient (Wildman–Crippen LogP) is 4.06. The fourth-order valence-corrected chi connectivity index (χ4v) is 5.08. The molecule has 0 spiro atoms. The number of nitrogens with one attached hydrogen (secondary N) is 1. The number of para-hydroxylation sites is 1. The Bertz CT molecular complexity index is 1170. The van der Waals surface area contributed by atoms with Crippen LogP contribution in [0.15, 0.2) is 53.4 Å². The second-order valence-electron chi connectivity index (χ2n) is 7.16. The zero-order valence-electron chi connectivity index (χ0n) is 17.8. The monoisotopic (exact) mass is 425 g/mol. The highest BCUT2D eigenvalue weighted by molar-refractivity contribution is 7.89. The van der Waals surface area contributed by atoms with Crippen LogP contribution in [0.25, 0.3) is 10.9 Å². The van der Waals surface area contributed by atoms with Crippen molar-refractivity contribution in [1.82, 2.24) is 9.29 Å². The first-order chi connectivity index (χ1) is 14.3.